The molecule has 0 aromatic heterocycles. The van der Waals surface area contributed by atoms with Gasteiger partial charge in [-0.2, -0.15) is 0 Å². The molecule has 4 fully saturated rings. The van der Waals surface area contributed by atoms with Crippen LogP contribution in [0.3, 0.4) is 0 Å². The van der Waals surface area contributed by atoms with Crippen LogP contribution < -0.4 is 0 Å². The topological polar surface area (TPSA) is 40.5 Å². The van der Waals surface area contributed by atoms with Crippen molar-refractivity contribution in [2.75, 3.05) is 6.61 Å². The highest BCUT2D eigenvalue weighted by molar-refractivity contribution is 5.11. The van der Waals surface area contributed by atoms with Gasteiger partial charge in [-0.3, -0.25) is 0 Å². The Labute approximate surface area is 179 Å². The lowest BCUT2D eigenvalue weighted by Crippen LogP contribution is -2.54. The summed E-state index contributed by atoms with van der Waals surface area (Å²) in [6, 6.07) is 0. The maximum Gasteiger partial charge on any atom is 0.0543 e. The van der Waals surface area contributed by atoms with Crippen LogP contribution >= 0.6 is 0 Å². The SMILES string of the molecule is CC(C)CC=CC(CO)C1CCC2C3CCC4CC(O)CCC4(C)C3CCC12C. The highest BCUT2D eigenvalue weighted by atomic mass is 16.3. The maximum atomic E-state index is 10.2. The fraction of sp³-hybridized carbons (Fsp3) is 0.926. The van der Waals surface area contributed by atoms with Gasteiger partial charge in [0.05, 0.1) is 6.10 Å². The Hall–Kier alpha value is -0.340. The molecule has 2 heteroatoms. The minimum atomic E-state index is -0.0442. The van der Waals surface area contributed by atoms with E-state index in [0.717, 1.165) is 42.9 Å². The van der Waals surface area contributed by atoms with Crippen LogP contribution in [0, 0.1) is 52.3 Å². The Bertz CT molecular complexity index is 597. The fourth-order valence-corrected chi connectivity index (χ4v) is 8.83. The number of aliphatic hydroxyl groups is 2. The number of rotatable bonds is 5. The predicted octanol–water partition coefficient (Wildman–Crippen LogP) is 6.22. The summed E-state index contributed by atoms with van der Waals surface area (Å²) in [6.07, 6.45) is 17.2. The fourth-order valence-electron chi connectivity index (χ4n) is 8.83. The summed E-state index contributed by atoms with van der Waals surface area (Å²) >= 11 is 0. The van der Waals surface area contributed by atoms with Crippen molar-refractivity contribution in [2.24, 2.45) is 52.3 Å². The molecule has 0 aliphatic heterocycles. The first-order chi connectivity index (χ1) is 13.8. The lowest BCUT2D eigenvalue weighted by Gasteiger charge is -2.61. The molecule has 4 aliphatic rings. The normalized spacial score (nSPS) is 48.4. The second-order valence-corrected chi connectivity index (χ2v) is 12.2. The first kappa shape index (κ1) is 21.9. The van der Waals surface area contributed by atoms with Gasteiger partial charge in [-0.15, -0.1) is 0 Å². The third-order valence-electron chi connectivity index (χ3n) is 10.4. The standard InChI is InChI=1S/C27H46O2/c1-18(2)6-5-7-19(17-28)23-10-11-24-22-9-8-20-16-21(29)12-14-26(20,3)25(22)13-15-27(23,24)4/h5,7,18-25,28-29H,6,8-17H2,1-4H3. The summed E-state index contributed by atoms with van der Waals surface area (Å²) in [7, 11) is 0. The summed E-state index contributed by atoms with van der Waals surface area (Å²) in [5.74, 6) is 5.04. The molecule has 0 amide bonds. The minimum Gasteiger partial charge on any atom is -0.396 e. The minimum absolute atomic E-state index is 0.0442. The van der Waals surface area contributed by atoms with Gasteiger partial charge < -0.3 is 10.2 Å². The van der Waals surface area contributed by atoms with Gasteiger partial charge in [0.2, 0.25) is 0 Å². The summed E-state index contributed by atoms with van der Waals surface area (Å²) < 4.78 is 0. The van der Waals surface area contributed by atoms with Gasteiger partial charge in [0.1, 0.15) is 0 Å². The van der Waals surface area contributed by atoms with Crippen molar-refractivity contribution in [1.29, 1.82) is 0 Å². The lowest BCUT2D eigenvalue weighted by atomic mass is 9.44. The number of hydrogen-bond donors (Lipinski definition) is 2. The van der Waals surface area contributed by atoms with E-state index < -0.39 is 0 Å². The van der Waals surface area contributed by atoms with Gasteiger partial charge in [0.15, 0.2) is 0 Å². The molecular formula is C27H46O2. The average molecular weight is 403 g/mol. The van der Waals surface area contributed by atoms with E-state index in [2.05, 4.69) is 39.8 Å². The Balaban J connectivity index is 1.52. The van der Waals surface area contributed by atoms with Crippen LogP contribution in [-0.4, -0.2) is 22.9 Å². The van der Waals surface area contributed by atoms with Crippen molar-refractivity contribution in [3.05, 3.63) is 12.2 Å². The Morgan fingerprint density at radius 1 is 0.931 bits per heavy atom. The summed E-state index contributed by atoms with van der Waals surface area (Å²) in [6.45, 7) is 10.0. The highest BCUT2D eigenvalue weighted by Crippen LogP contribution is 2.68. The van der Waals surface area contributed by atoms with E-state index in [4.69, 9.17) is 0 Å². The molecule has 4 saturated carbocycles. The molecule has 0 saturated heterocycles. The van der Waals surface area contributed by atoms with Gasteiger partial charge in [0, 0.05) is 12.5 Å². The molecule has 0 bridgehead atoms. The van der Waals surface area contributed by atoms with Crippen LogP contribution in [0.4, 0.5) is 0 Å². The molecule has 0 radical (unpaired) electrons. The van der Waals surface area contributed by atoms with E-state index in [9.17, 15) is 10.2 Å². The Morgan fingerprint density at radius 3 is 2.38 bits per heavy atom. The molecule has 0 spiro atoms. The Kier molecular flexibility index (Phi) is 6.26. The lowest BCUT2D eigenvalue weighted by molar-refractivity contribution is -0.129. The molecule has 0 aromatic carbocycles. The molecule has 0 aromatic rings. The van der Waals surface area contributed by atoms with Gasteiger partial charge >= 0.3 is 0 Å². The molecule has 4 rings (SSSR count). The van der Waals surface area contributed by atoms with Gasteiger partial charge in [-0.05, 0) is 111 Å². The van der Waals surface area contributed by atoms with E-state index in [1.807, 2.05) is 0 Å². The van der Waals surface area contributed by atoms with Gasteiger partial charge in [-0.1, -0.05) is 39.8 Å². The second kappa shape index (κ2) is 8.30. The van der Waals surface area contributed by atoms with E-state index >= 15 is 0 Å². The van der Waals surface area contributed by atoms with E-state index in [1.165, 1.54) is 44.9 Å². The number of hydrogen-bond acceptors (Lipinski definition) is 2. The quantitative estimate of drug-likeness (QED) is 0.536. The van der Waals surface area contributed by atoms with Crippen molar-refractivity contribution >= 4 is 0 Å². The van der Waals surface area contributed by atoms with Crippen LogP contribution in [0.1, 0.15) is 91.9 Å². The molecular weight excluding hydrogens is 356 g/mol. The summed E-state index contributed by atoms with van der Waals surface area (Å²) in [4.78, 5) is 0. The maximum absolute atomic E-state index is 10.2. The summed E-state index contributed by atoms with van der Waals surface area (Å²) in [5.41, 5.74) is 0.878. The van der Waals surface area contributed by atoms with Crippen molar-refractivity contribution in [3.8, 4) is 0 Å². The first-order valence-electron chi connectivity index (χ1n) is 12.7. The zero-order valence-electron chi connectivity index (χ0n) is 19.4. The zero-order valence-corrected chi connectivity index (χ0v) is 19.4. The number of fused-ring (bicyclic) bond motifs is 5. The van der Waals surface area contributed by atoms with E-state index in [0.29, 0.717) is 35.2 Å². The van der Waals surface area contributed by atoms with Gasteiger partial charge in [-0.25, -0.2) is 0 Å². The smallest absolute Gasteiger partial charge is 0.0543 e. The predicted molar refractivity (Wildman–Crippen MR) is 120 cm³/mol. The molecule has 4 aliphatic carbocycles. The van der Waals surface area contributed by atoms with E-state index in [-0.39, 0.29) is 6.10 Å². The third kappa shape index (κ3) is 3.75. The van der Waals surface area contributed by atoms with Crippen molar-refractivity contribution in [2.45, 2.75) is 98.0 Å². The Morgan fingerprint density at radius 2 is 1.66 bits per heavy atom. The van der Waals surface area contributed by atoms with Crippen LogP contribution in [-0.2, 0) is 0 Å². The molecule has 29 heavy (non-hydrogen) atoms. The van der Waals surface area contributed by atoms with Crippen molar-refractivity contribution in [3.63, 3.8) is 0 Å². The third-order valence-corrected chi connectivity index (χ3v) is 10.4. The number of allylic oxidation sites excluding steroid dienone is 1. The van der Waals surface area contributed by atoms with Crippen molar-refractivity contribution < 1.29 is 10.2 Å². The van der Waals surface area contributed by atoms with Crippen LogP contribution in [0.5, 0.6) is 0 Å². The van der Waals surface area contributed by atoms with Crippen LogP contribution in [0.15, 0.2) is 12.2 Å². The molecule has 0 heterocycles. The van der Waals surface area contributed by atoms with Crippen LogP contribution in [0.2, 0.25) is 0 Å². The number of aliphatic hydroxyl groups excluding tert-OH is 2. The first-order valence-corrected chi connectivity index (χ1v) is 12.7. The molecule has 2 N–H and O–H groups in total. The molecule has 9 unspecified atom stereocenters. The second-order valence-electron chi connectivity index (χ2n) is 12.2. The van der Waals surface area contributed by atoms with Gasteiger partial charge in [0.25, 0.3) is 0 Å². The summed E-state index contributed by atoms with van der Waals surface area (Å²) in [5, 5.41) is 20.5. The molecule has 166 valence electrons. The molecule has 9 atom stereocenters. The van der Waals surface area contributed by atoms with E-state index in [1.54, 1.807) is 0 Å². The zero-order chi connectivity index (χ0) is 20.8. The van der Waals surface area contributed by atoms with Crippen molar-refractivity contribution in [1.82, 2.24) is 0 Å². The average Bonchev–Trinajstić information content (AvgIpc) is 3.03. The largest absolute Gasteiger partial charge is 0.396 e. The molecule has 2 nitrogen and oxygen atoms in total. The highest BCUT2D eigenvalue weighted by Gasteiger charge is 2.60. The monoisotopic (exact) mass is 402 g/mol. The van der Waals surface area contributed by atoms with Crippen LogP contribution in [0.25, 0.3) is 0 Å².